The lowest BCUT2D eigenvalue weighted by Gasteiger charge is -2.33. The largest absolute Gasteiger partial charge is 0.419 e. The van der Waals surface area contributed by atoms with Gasteiger partial charge in [0.25, 0.3) is 0 Å². The second-order valence-electron chi connectivity index (χ2n) is 10.1. The van der Waals surface area contributed by atoms with Gasteiger partial charge in [-0.05, 0) is 72.0 Å². The fourth-order valence-electron chi connectivity index (χ4n) is 6.20. The molecule has 1 heterocycles. The number of hydrogen-bond acceptors (Lipinski definition) is 5. The SMILES string of the molecule is CCC[C@H]1c2cccc3c2[C@@H](Cc2ccc(OC(=O)c4ccccc4)c(OC(=O)c4ccccc4)c2-3)N1CC. The van der Waals surface area contributed by atoms with Crippen molar-refractivity contribution in [3.05, 3.63) is 119 Å². The number of fused-ring (bicyclic) bond motifs is 2. The van der Waals surface area contributed by atoms with E-state index in [-0.39, 0.29) is 11.8 Å². The molecule has 0 fully saturated rings. The van der Waals surface area contributed by atoms with E-state index in [1.54, 1.807) is 54.6 Å². The summed E-state index contributed by atoms with van der Waals surface area (Å²) in [6.45, 7) is 5.41. The van der Waals surface area contributed by atoms with Crippen molar-refractivity contribution >= 4 is 11.9 Å². The predicted octanol–water partition coefficient (Wildman–Crippen LogP) is 7.57. The smallest absolute Gasteiger partial charge is 0.343 e. The number of hydrogen-bond donors (Lipinski definition) is 0. The van der Waals surface area contributed by atoms with Crippen molar-refractivity contribution in [1.29, 1.82) is 0 Å². The summed E-state index contributed by atoms with van der Waals surface area (Å²) >= 11 is 0. The van der Waals surface area contributed by atoms with E-state index in [9.17, 15) is 9.59 Å². The third kappa shape index (κ3) is 4.43. The van der Waals surface area contributed by atoms with Crippen LogP contribution in [0.15, 0.2) is 91.0 Å². The van der Waals surface area contributed by atoms with Gasteiger partial charge in [0.1, 0.15) is 0 Å². The van der Waals surface area contributed by atoms with E-state index in [1.165, 1.54) is 11.1 Å². The molecule has 0 N–H and O–H groups in total. The Morgan fingerprint density at radius 2 is 1.46 bits per heavy atom. The molecule has 4 aromatic carbocycles. The van der Waals surface area contributed by atoms with Crippen molar-refractivity contribution in [2.75, 3.05) is 6.54 Å². The monoisotopic (exact) mass is 517 g/mol. The zero-order valence-corrected chi connectivity index (χ0v) is 22.2. The Bertz CT molecular complexity index is 1530. The molecule has 0 bridgehead atoms. The maximum atomic E-state index is 13.3. The van der Waals surface area contributed by atoms with Crippen LogP contribution in [-0.2, 0) is 6.42 Å². The van der Waals surface area contributed by atoms with Crippen LogP contribution in [0.1, 0.15) is 76.2 Å². The van der Waals surface area contributed by atoms with Gasteiger partial charge in [-0.2, -0.15) is 0 Å². The molecule has 196 valence electrons. The molecule has 5 nitrogen and oxygen atoms in total. The standard InChI is InChI=1S/C34H31NO4/c1-3-12-27-25-17-11-18-26-30-24(21-28(31(25)26)35(27)4-2)19-20-29(38-33(36)22-13-7-5-8-14-22)32(30)39-34(37)23-15-9-6-10-16-23/h5-11,13-20,27-28H,3-4,12,21H2,1-2H3/t27-,28+/m0/s1. The molecule has 0 amide bonds. The summed E-state index contributed by atoms with van der Waals surface area (Å²) in [6, 6.07) is 28.6. The van der Waals surface area contributed by atoms with Crippen molar-refractivity contribution in [2.45, 2.75) is 45.2 Å². The van der Waals surface area contributed by atoms with Gasteiger partial charge in [0.2, 0.25) is 0 Å². The molecular weight excluding hydrogens is 486 g/mol. The van der Waals surface area contributed by atoms with Crippen LogP contribution in [0.25, 0.3) is 11.1 Å². The molecular formula is C34H31NO4. The van der Waals surface area contributed by atoms with Gasteiger partial charge in [-0.3, -0.25) is 4.90 Å². The number of esters is 2. The predicted molar refractivity (Wildman–Crippen MR) is 151 cm³/mol. The van der Waals surface area contributed by atoms with Crippen LogP contribution in [-0.4, -0.2) is 23.4 Å². The molecule has 4 aromatic rings. The summed E-state index contributed by atoms with van der Waals surface area (Å²) in [7, 11) is 0. The van der Waals surface area contributed by atoms with Crippen LogP contribution < -0.4 is 9.47 Å². The maximum Gasteiger partial charge on any atom is 0.343 e. The molecule has 5 heteroatoms. The first-order valence-electron chi connectivity index (χ1n) is 13.7. The molecule has 6 rings (SSSR count). The summed E-state index contributed by atoms with van der Waals surface area (Å²) in [5.41, 5.74) is 6.46. The highest BCUT2D eigenvalue weighted by Gasteiger charge is 2.42. The lowest BCUT2D eigenvalue weighted by atomic mass is 9.81. The van der Waals surface area contributed by atoms with Gasteiger partial charge in [-0.15, -0.1) is 0 Å². The van der Waals surface area contributed by atoms with Crippen molar-refractivity contribution in [2.24, 2.45) is 0 Å². The summed E-state index contributed by atoms with van der Waals surface area (Å²) in [5, 5.41) is 0. The maximum absolute atomic E-state index is 13.3. The molecule has 0 radical (unpaired) electrons. The van der Waals surface area contributed by atoms with Gasteiger partial charge >= 0.3 is 11.9 Å². The Labute approximate surface area is 229 Å². The van der Waals surface area contributed by atoms with Crippen molar-refractivity contribution < 1.29 is 19.1 Å². The lowest BCUT2D eigenvalue weighted by molar-refractivity contribution is 0.0683. The fraction of sp³-hybridized carbons (Fsp3) is 0.235. The minimum absolute atomic E-state index is 0.235. The third-order valence-corrected chi connectivity index (χ3v) is 7.87. The number of carbonyl (C=O) groups is 2. The minimum atomic E-state index is -0.500. The Balaban J connectivity index is 1.49. The molecule has 0 aromatic heterocycles. The molecule has 1 aliphatic heterocycles. The van der Waals surface area contributed by atoms with Crippen LogP contribution in [0.4, 0.5) is 0 Å². The number of likely N-dealkylation sites (N-methyl/N-ethyl adjacent to an activating group) is 1. The van der Waals surface area contributed by atoms with Gasteiger partial charge in [0, 0.05) is 17.6 Å². The number of nitrogens with zero attached hydrogens (tertiary/aromatic N) is 1. The Kier molecular flexibility index (Phi) is 6.76. The van der Waals surface area contributed by atoms with Crippen molar-refractivity contribution in [3.8, 4) is 22.6 Å². The number of rotatable bonds is 7. The summed E-state index contributed by atoms with van der Waals surface area (Å²) in [5.74, 6) is -0.465. The van der Waals surface area contributed by atoms with E-state index < -0.39 is 11.9 Å². The van der Waals surface area contributed by atoms with E-state index in [0.717, 1.165) is 42.5 Å². The van der Waals surface area contributed by atoms with Crippen molar-refractivity contribution in [3.63, 3.8) is 0 Å². The lowest BCUT2D eigenvalue weighted by Crippen LogP contribution is -2.28. The number of ether oxygens (including phenoxy) is 2. The van der Waals surface area contributed by atoms with Gasteiger partial charge in [-0.1, -0.05) is 80.9 Å². The van der Waals surface area contributed by atoms with Crippen LogP contribution in [0.5, 0.6) is 11.5 Å². The number of carbonyl (C=O) groups excluding carboxylic acids is 2. The highest BCUT2D eigenvalue weighted by Crippen LogP contribution is 2.56. The first-order valence-corrected chi connectivity index (χ1v) is 13.7. The second-order valence-corrected chi connectivity index (χ2v) is 10.1. The van der Waals surface area contributed by atoms with Crippen LogP contribution in [0.3, 0.4) is 0 Å². The average Bonchev–Trinajstić information content (AvgIpc) is 3.28. The molecule has 39 heavy (non-hydrogen) atoms. The topological polar surface area (TPSA) is 55.8 Å². The highest BCUT2D eigenvalue weighted by molar-refractivity contribution is 5.96. The Morgan fingerprint density at radius 1 is 0.795 bits per heavy atom. The molecule has 0 saturated heterocycles. The van der Waals surface area contributed by atoms with Gasteiger partial charge < -0.3 is 9.47 Å². The normalized spacial score (nSPS) is 17.3. The zero-order chi connectivity index (χ0) is 26.9. The van der Waals surface area contributed by atoms with Crippen LogP contribution in [0, 0.1) is 0 Å². The molecule has 1 aliphatic carbocycles. The third-order valence-electron chi connectivity index (χ3n) is 7.87. The molecule has 2 atom stereocenters. The molecule has 2 aliphatic rings. The second kappa shape index (κ2) is 10.5. The Hall–Kier alpha value is -4.22. The van der Waals surface area contributed by atoms with Gasteiger partial charge in [0.05, 0.1) is 11.1 Å². The minimum Gasteiger partial charge on any atom is -0.419 e. The van der Waals surface area contributed by atoms with E-state index >= 15 is 0 Å². The van der Waals surface area contributed by atoms with E-state index in [0.29, 0.717) is 22.9 Å². The van der Waals surface area contributed by atoms with Crippen molar-refractivity contribution in [1.82, 2.24) is 4.90 Å². The van der Waals surface area contributed by atoms with E-state index in [1.807, 2.05) is 18.2 Å². The fourth-order valence-corrected chi connectivity index (χ4v) is 6.20. The average molecular weight is 518 g/mol. The number of benzene rings is 4. The molecule has 0 spiro atoms. The Morgan fingerprint density at radius 3 is 2.10 bits per heavy atom. The van der Waals surface area contributed by atoms with E-state index in [2.05, 4.69) is 36.9 Å². The van der Waals surface area contributed by atoms with Crippen LogP contribution in [0.2, 0.25) is 0 Å². The quantitative estimate of drug-likeness (QED) is 0.187. The molecule has 0 saturated carbocycles. The first kappa shape index (κ1) is 25.1. The van der Waals surface area contributed by atoms with E-state index in [4.69, 9.17) is 9.47 Å². The van der Waals surface area contributed by atoms with Gasteiger partial charge in [0.15, 0.2) is 11.5 Å². The zero-order valence-electron chi connectivity index (χ0n) is 22.2. The summed E-state index contributed by atoms with van der Waals surface area (Å²) in [6.07, 6.45) is 2.99. The first-order chi connectivity index (χ1) is 19.1. The molecule has 0 unspecified atom stereocenters. The summed E-state index contributed by atoms with van der Waals surface area (Å²) in [4.78, 5) is 29.0. The van der Waals surface area contributed by atoms with Gasteiger partial charge in [-0.25, -0.2) is 9.59 Å². The highest BCUT2D eigenvalue weighted by atomic mass is 16.6. The summed E-state index contributed by atoms with van der Waals surface area (Å²) < 4.78 is 12.0. The van der Waals surface area contributed by atoms with Crippen LogP contribution >= 0.6 is 0 Å².